The van der Waals surface area contributed by atoms with E-state index in [-0.39, 0.29) is 5.78 Å². The molecule has 2 aromatic rings. The van der Waals surface area contributed by atoms with Gasteiger partial charge in [0.15, 0.2) is 5.78 Å². The minimum Gasteiger partial charge on any atom is -0.292 e. The fourth-order valence-corrected chi connectivity index (χ4v) is 2.11. The van der Waals surface area contributed by atoms with Crippen LogP contribution in [-0.2, 0) is 0 Å². The van der Waals surface area contributed by atoms with E-state index in [0.717, 1.165) is 4.47 Å². The van der Waals surface area contributed by atoms with Gasteiger partial charge in [-0.2, -0.15) is 5.26 Å². The second kappa shape index (κ2) is 6.01. The molecule has 19 heavy (non-hydrogen) atoms. The van der Waals surface area contributed by atoms with E-state index in [2.05, 4.69) is 15.9 Å². The van der Waals surface area contributed by atoms with Crippen molar-refractivity contribution in [2.75, 3.05) is 0 Å². The third kappa shape index (κ3) is 3.23. The maximum atomic E-state index is 12.3. The van der Waals surface area contributed by atoms with Gasteiger partial charge in [0, 0.05) is 15.1 Å². The van der Waals surface area contributed by atoms with Gasteiger partial charge in [-0.05, 0) is 29.8 Å². The summed E-state index contributed by atoms with van der Waals surface area (Å²) < 4.78 is 0.893. The van der Waals surface area contributed by atoms with Crippen molar-refractivity contribution in [3.63, 3.8) is 0 Å². The molecule has 0 radical (unpaired) electrons. The quantitative estimate of drug-likeness (QED) is 0.770. The highest BCUT2D eigenvalue weighted by Crippen LogP contribution is 2.23. The summed E-state index contributed by atoms with van der Waals surface area (Å²) >= 11 is 9.11. The van der Waals surface area contributed by atoms with Crippen LogP contribution in [0.1, 0.15) is 21.8 Å². The van der Waals surface area contributed by atoms with Crippen molar-refractivity contribution >= 4 is 33.3 Å². The molecule has 0 amide bonds. The Hall–Kier alpha value is -1.63. The van der Waals surface area contributed by atoms with Crippen LogP contribution < -0.4 is 0 Å². The van der Waals surface area contributed by atoms with Crippen molar-refractivity contribution < 1.29 is 4.79 Å². The molecular weight excluding hydrogens is 326 g/mol. The van der Waals surface area contributed by atoms with Crippen LogP contribution in [0.5, 0.6) is 0 Å². The average Bonchev–Trinajstić information content (AvgIpc) is 2.42. The normalized spacial score (nSPS) is 11.6. The van der Waals surface area contributed by atoms with E-state index in [1.807, 2.05) is 6.07 Å². The van der Waals surface area contributed by atoms with Crippen molar-refractivity contribution in [2.45, 2.75) is 5.92 Å². The number of nitrogens with zero attached hydrogens (tertiary/aromatic N) is 1. The predicted octanol–water partition coefficient (Wildman–Crippen LogP) is 4.59. The molecule has 0 saturated heterocycles. The van der Waals surface area contributed by atoms with Crippen LogP contribution in [0.3, 0.4) is 0 Å². The minimum atomic E-state index is -0.807. The van der Waals surface area contributed by atoms with Crippen LogP contribution in [0.2, 0.25) is 5.02 Å². The Labute approximate surface area is 124 Å². The van der Waals surface area contributed by atoms with Gasteiger partial charge in [0.1, 0.15) is 5.92 Å². The van der Waals surface area contributed by atoms with Gasteiger partial charge in [-0.25, -0.2) is 0 Å². The zero-order valence-electron chi connectivity index (χ0n) is 9.81. The van der Waals surface area contributed by atoms with Crippen molar-refractivity contribution in [1.29, 1.82) is 5.26 Å². The molecule has 0 aliphatic rings. The molecule has 0 fully saturated rings. The minimum absolute atomic E-state index is 0.211. The van der Waals surface area contributed by atoms with Gasteiger partial charge in [0.2, 0.25) is 0 Å². The lowest BCUT2D eigenvalue weighted by atomic mass is 9.92. The van der Waals surface area contributed by atoms with Gasteiger partial charge in [-0.1, -0.05) is 51.8 Å². The van der Waals surface area contributed by atoms with Crippen molar-refractivity contribution in [2.24, 2.45) is 0 Å². The molecule has 0 aromatic heterocycles. The van der Waals surface area contributed by atoms with Gasteiger partial charge in [0.25, 0.3) is 0 Å². The van der Waals surface area contributed by atoms with Crippen molar-refractivity contribution in [3.05, 3.63) is 69.2 Å². The summed E-state index contributed by atoms with van der Waals surface area (Å²) in [5, 5.41) is 9.80. The zero-order valence-corrected chi connectivity index (χ0v) is 12.1. The standard InChI is InChI=1S/C15H9BrClNO/c16-12-5-1-11(2-6-12)15(19)14(9-18)10-3-7-13(17)8-4-10/h1-8,14H. The zero-order chi connectivity index (χ0) is 13.8. The summed E-state index contributed by atoms with van der Waals surface area (Å²) in [6.45, 7) is 0. The van der Waals surface area contributed by atoms with Crippen LogP contribution in [0, 0.1) is 11.3 Å². The smallest absolute Gasteiger partial charge is 0.184 e. The van der Waals surface area contributed by atoms with Gasteiger partial charge in [-0.15, -0.1) is 0 Å². The van der Waals surface area contributed by atoms with Gasteiger partial charge >= 0.3 is 0 Å². The van der Waals surface area contributed by atoms with Gasteiger partial charge in [0.05, 0.1) is 6.07 Å². The molecule has 0 saturated carbocycles. The molecule has 2 aromatic carbocycles. The number of hydrogen-bond donors (Lipinski definition) is 0. The molecule has 2 nitrogen and oxygen atoms in total. The highest BCUT2D eigenvalue weighted by molar-refractivity contribution is 9.10. The van der Waals surface area contributed by atoms with Crippen LogP contribution in [-0.4, -0.2) is 5.78 Å². The van der Waals surface area contributed by atoms with E-state index < -0.39 is 5.92 Å². The Bertz CT molecular complexity index is 629. The summed E-state index contributed by atoms with van der Waals surface area (Å²) in [5.41, 5.74) is 1.17. The summed E-state index contributed by atoms with van der Waals surface area (Å²) in [7, 11) is 0. The first-order valence-corrected chi connectivity index (χ1v) is 6.74. The van der Waals surface area contributed by atoms with Crippen molar-refractivity contribution in [3.8, 4) is 6.07 Å². The molecule has 94 valence electrons. The number of halogens is 2. The second-order valence-electron chi connectivity index (χ2n) is 3.98. The molecule has 0 heterocycles. The molecule has 0 aliphatic carbocycles. The lowest BCUT2D eigenvalue weighted by Crippen LogP contribution is -2.11. The summed E-state index contributed by atoms with van der Waals surface area (Å²) in [5.74, 6) is -1.02. The first kappa shape index (κ1) is 13.8. The fourth-order valence-electron chi connectivity index (χ4n) is 1.72. The maximum absolute atomic E-state index is 12.3. The first-order chi connectivity index (χ1) is 9.11. The highest BCUT2D eigenvalue weighted by atomic mass is 79.9. The number of nitriles is 1. The molecule has 4 heteroatoms. The fraction of sp³-hybridized carbons (Fsp3) is 0.0667. The van der Waals surface area contributed by atoms with Crippen LogP contribution in [0.25, 0.3) is 0 Å². The van der Waals surface area contributed by atoms with Gasteiger partial charge < -0.3 is 0 Å². The van der Waals surface area contributed by atoms with Crippen LogP contribution in [0.15, 0.2) is 53.0 Å². The molecule has 0 N–H and O–H groups in total. The van der Waals surface area contributed by atoms with E-state index in [1.54, 1.807) is 48.5 Å². The van der Waals surface area contributed by atoms with E-state index >= 15 is 0 Å². The lowest BCUT2D eigenvalue weighted by Gasteiger charge is -2.08. The molecule has 0 aliphatic heterocycles. The number of carbonyl (C=O) groups is 1. The van der Waals surface area contributed by atoms with E-state index in [1.165, 1.54) is 0 Å². The number of carbonyl (C=O) groups excluding carboxylic acids is 1. The molecule has 0 bridgehead atoms. The third-order valence-electron chi connectivity index (χ3n) is 2.72. The molecule has 1 unspecified atom stereocenters. The van der Waals surface area contributed by atoms with Crippen molar-refractivity contribution in [1.82, 2.24) is 0 Å². The number of rotatable bonds is 3. The number of hydrogen-bond acceptors (Lipinski definition) is 2. The Morgan fingerprint density at radius 2 is 1.68 bits per heavy atom. The molecule has 2 rings (SSSR count). The van der Waals surface area contributed by atoms with E-state index in [9.17, 15) is 10.1 Å². The Morgan fingerprint density at radius 3 is 2.21 bits per heavy atom. The highest BCUT2D eigenvalue weighted by Gasteiger charge is 2.21. The topological polar surface area (TPSA) is 40.9 Å². The predicted molar refractivity (Wildman–Crippen MR) is 78.3 cm³/mol. The number of ketones is 1. The number of benzene rings is 2. The number of Topliss-reactive ketones (excluding diaryl/α,β-unsaturated/α-hetero) is 1. The Morgan fingerprint density at radius 1 is 1.11 bits per heavy atom. The lowest BCUT2D eigenvalue weighted by molar-refractivity contribution is 0.0979. The Balaban J connectivity index is 2.32. The van der Waals surface area contributed by atoms with Gasteiger partial charge in [-0.3, -0.25) is 4.79 Å². The van der Waals surface area contributed by atoms with E-state index in [4.69, 9.17) is 11.6 Å². The van der Waals surface area contributed by atoms with E-state index in [0.29, 0.717) is 16.1 Å². The molecule has 1 atom stereocenters. The second-order valence-corrected chi connectivity index (χ2v) is 5.34. The first-order valence-electron chi connectivity index (χ1n) is 5.56. The van der Waals surface area contributed by atoms with Crippen LogP contribution in [0.4, 0.5) is 0 Å². The Kier molecular flexibility index (Phi) is 4.36. The summed E-state index contributed by atoms with van der Waals surface area (Å²) in [6.07, 6.45) is 0. The summed E-state index contributed by atoms with van der Waals surface area (Å²) in [4.78, 5) is 12.3. The molecule has 0 spiro atoms. The molecular formula is C15H9BrClNO. The average molecular weight is 335 g/mol. The summed E-state index contributed by atoms with van der Waals surface area (Å²) in [6, 6.07) is 15.8. The monoisotopic (exact) mass is 333 g/mol. The third-order valence-corrected chi connectivity index (χ3v) is 3.50. The van der Waals surface area contributed by atoms with Crippen LogP contribution >= 0.6 is 27.5 Å². The maximum Gasteiger partial charge on any atom is 0.184 e. The largest absolute Gasteiger partial charge is 0.292 e. The SMILES string of the molecule is N#CC(C(=O)c1ccc(Br)cc1)c1ccc(Cl)cc1.